The van der Waals surface area contributed by atoms with Gasteiger partial charge in [0.1, 0.15) is 11.3 Å². The zero-order chi connectivity index (χ0) is 12.0. The highest BCUT2D eigenvalue weighted by Crippen LogP contribution is 2.22. The number of benzene rings is 1. The number of aryl methyl sites for hydroxylation is 2. The number of aromatic nitrogens is 2. The van der Waals surface area contributed by atoms with Crippen LogP contribution in [0.3, 0.4) is 0 Å². The first kappa shape index (κ1) is 10.0. The van der Waals surface area contributed by atoms with Gasteiger partial charge >= 0.3 is 0 Å². The van der Waals surface area contributed by atoms with E-state index in [0.717, 1.165) is 17.5 Å². The molecule has 2 heterocycles. The molecule has 0 aliphatic carbocycles. The average molecular weight is 224 g/mol. The number of hydrogen-bond donors (Lipinski definition) is 0. The van der Waals surface area contributed by atoms with Gasteiger partial charge in [0, 0.05) is 11.6 Å². The number of carbonyl (C=O) groups excluding carboxylic acids is 1. The highest BCUT2D eigenvalue weighted by Gasteiger charge is 2.07. The van der Waals surface area contributed by atoms with E-state index in [0.29, 0.717) is 5.69 Å². The number of pyridine rings is 1. The van der Waals surface area contributed by atoms with Gasteiger partial charge in [0.25, 0.3) is 0 Å². The molecule has 84 valence electrons. The summed E-state index contributed by atoms with van der Waals surface area (Å²) in [6.45, 7) is 4.12. The topological polar surface area (TPSA) is 34.4 Å². The predicted octanol–water partition coefficient (Wildman–Crippen LogP) is 2.92. The molecule has 0 amide bonds. The van der Waals surface area contributed by atoms with Crippen molar-refractivity contribution in [3.8, 4) is 0 Å². The lowest BCUT2D eigenvalue weighted by Crippen LogP contribution is -1.90. The lowest BCUT2D eigenvalue weighted by molar-refractivity contribution is 0.111. The Morgan fingerprint density at radius 2 is 2.06 bits per heavy atom. The van der Waals surface area contributed by atoms with Crippen LogP contribution in [0, 0.1) is 13.8 Å². The Morgan fingerprint density at radius 1 is 1.24 bits per heavy atom. The summed E-state index contributed by atoms with van der Waals surface area (Å²) in [5, 5.41) is 1.19. The van der Waals surface area contributed by atoms with Gasteiger partial charge < -0.3 is 0 Å². The molecule has 0 aliphatic heterocycles. The van der Waals surface area contributed by atoms with Crippen molar-refractivity contribution >= 4 is 22.8 Å². The van der Waals surface area contributed by atoms with Crippen LogP contribution >= 0.6 is 0 Å². The van der Waals surface area contributed by atoms with E-state index < -0.39 is 0 Å². The molecule has 0 atom stereocenters. The molecule has 0 fully saturated rings. The third-order valence-corrected chi connectivity index (χ3v) is 3.06. The number of hydrogen-bond acceptors (Lipinski definition) is 2. The maximum atomic E-state index is 10.8. The number of imidazole rings is 1. The van der Waals surface area contributed by atoms with Crippen LogP contribution in [0.15, 0.2) is 30.5 Å². The molecule has 3 heteroatoms. The Hall–Kier alpha value is -2.16. The summed E-state index contributed by atoms with van der Waals surface area (Å²) in [6, 6.07) is 8.33. The van der Waals surface area contributed by atoms with E-state index in [2.05, 4.69) is 37.0 Å². The summed E-state index contributed by atoms with van der Waals surface area (Å²) < 4.78 is 1.97. The van der Waals surface area contributed by atoms with Crippen molar-refractivity contribution < 1.29 is 4.79 Å². The van der Waals surface area contributed by atoms with Gasteiger partial charge in [-0.05, 0) is 37.1 Å². The van der Waals surface area contributed by atoms with Gasteiger partial charge in [-0.25, -0.2) is 4.98 Å². The maximum absolute atomic E-state index is 10.8. The highest BCUT2D eigenvalue weighted by molar-refractivity contribution is 5.87. The first-order valence-electron chi connectivity index (χ1n) is 5.53. The van der Waals surface area contributed by atoms with Gasteiger partial charge in [-0.15, -0.1) is 0 Å². The zero-order valence-electron chi connectivity index (χ0n) is 9.77. The molecule has 0 aliphatic rings. The van der Waals surface area contributed by atoms with Crippen molar-refractivity contribution in [1.29, 1.82) is 0 Å². The van der Waals surface area contributed by atoms with Gasteiger partial charge in [0.05, 0.1) is 5.52 Å². The Morgan fingerprint density at radius 3 is 2.82 bits per heavy atom. The second-order valence-corrected chi connectivity index (χ2v) is 4.36. The Labute approximate surface area is 98.7 Å². The van der Waals surface area contributed by atoms with E-state index in [4.69, 9.17) is 0 Å². The summed E-state index contributed by atoms with van der Waals surface area (Å²) in [5.41, 5.74) is 4.77. The van der Waals surface area contributed by atoms with E-state index in [1.807, 2.05) is 10.5 Å². The largest absolute Gasteiger partial charge is 0.299 e. The van der Waals surface area contributed by atoms with Crippen molar-refractivity contribution in [2.24, 2.45) is 0 Å². The van der Waals surface area contributed by atoms with E-state index >= 15 is 0 Å². The Balaban J connectivity index is 2.55. The second-order valence-electron chi connectivity index (χ2n) is 4.36. The third-order valence-electron chi connectivity index (χ3n) is 3.06. The molecule has 1 aromatic carbocycles. The van der Waals surface area contributed by atoms with Gasteiger partial charge in [0.2, 0.25) is 0 Å². The molecule has 0 N–H and O–H groups in total. The molecule has 0 radical (unpaired) electrons. The fraction of sp³-hybridized carbons (Fsp3) is 0.143. The standard InChI is InChI=1S/C14H12N2O/c1-9-3-4-12-10(2)6-14-15-11(8-17)7-16(14)13(12)5-9/h3-8H,1-2H3. The molecule has 0 spiro atoms. The fourth-order valence-electron chi connectivity index (χ4n) is 2.21. The van der Waals surface area contributed by atoms with Crippen LogP contribution in [0.2, 0.25) is 0 Å². The summed E-state index contributed by atoms with van der Waals surface area (Å²) in [7, 11) is 0. The number of aldehydes is 1. The van der Waals surface area contributed by atoms with Gasteiger partial charge in [-0.2, -0.15) is 0 Å². The molecule has 0 unspecified atom stereocenters. The van der Waals surface area contributed by atoms with E-state index in [-0.39, 0.29) is 0 Å². The highest BCUT2D eigenvalue weighted by atomic mass is 16.1. The van der Waals surface area contributed by atoms with Crippen LogP contribution < -0.4 is 0 Å². The zero-order valence-corrected chi connectivity index (χ0v) is 9.77. The molecule has 0 bridgehead atoms. The van der Waals surface area contributed by atoms with Crippen molar-refractivity contribution in [2.45, 2.75) is 13.8 Å². The third kappa shape index (κ3) is 1.43. The number of carbonyl (C=O) groups is 1. The van der Waals surface area contributed by atoms with Crippen LogP contribution in [0.25, 0.3) is 16.6 Å². The molecule has 2 aromatic heterocycles. The molecular weight excluding hydrogens is 212 g/mol. The number of rotatable bonds is 1. The number of nitrogens with zero attached hydrogens (tertiary/aromatic N) is 2. The minimum atomic E-state index is 0.471. The Bertz CT molecular complexity index is 741. The fourth-order valence-corrected chi connectivity index (χ4v) is 2.21. The van der Waals surface area contributed by atoms with Crippen molar-refractivity contribution in [3.05, 3.63) is 47.3 Å². The van der Waals surface area contributed by atoms with Crippen molar-refractivity contribution in [3.63, 3.8) is 0 Å². The monoisotopic (exact) mass is 224 g/mol. The summed E-state index contributed by atoms with van der Waals surface area (Å²) in [4.78, 5) is 15.1. The van der Waals surface area contributed by atoms with E-state index in [1.54, 1.807) is 6.20 Å². The number of fused-ring (bicyclic) bond motifs is 3. The van der Waals surface area contributed by atoms with E-state index in [1.165, 1.54) is 16.5 Å². The second kappa shape index (κ2) is 3.42. The Kier molecular flexibility index (Phi) is 2.01. The molecule has 3 nitrogen and oxygen atoms in total. The summed E-state index contributed by atoms with van der Waals surface area (Å²) in [6.07, 6.45) is 2.56. The minimum absolute atomic E-state index is 0.471. The lowest BCUT2D eigenvalue weighted by atomic mass is 10.1. The first-order chi connectivity index (χ1) is 8.19. The normalized spacial score (nSPS) is 11.2. The van der Waals surface area contributed by atoms with Gasteiger partial charge in [0.15, 0.2) is 6.29 Å². The van der Waals surface area contributed by atoms with Crippen LogP contribution in [-0.4, -0.2) is 15.7 Å². The van der Waals surface area contributed by atoms with Crippen molar-refractivity contribution in [1.82, 2.24) is 9.38 Å². The smallest absolute Gasteiger partial charge is 0.170 e. The SMILES string of the molecule is Cc1ccc2c(C)cc3nc(C=O)cn3c2c1. The molecule has 0 saturated heterocycles. The summed E-state index contributed by atoms with van der Waals surface area (Å²) in [5.74, 6) is 0. The molecule has 17 heavy (non-hydrogen) atoms. The van der Waals surface area contributed by atoms with Gasteiger partial charge in [-0.1, -0.05) is 12.1 Å². The van der Waals surface area contributed by atoms with Crippen molar-refractivity contribution in [2.75, 3.05) is 0 Å². The molecule has 3 rings (SSSR count). The van der Waals surface area contributed by atoms with Crippen LogP contribution in [0.4, 0.5) is 0 Å². The molecule has 0 saturated carbocycles. The summed E-state index contributed by atoms with van der Waals surface area (Å²) >= 11 is 0. The predicted molar refractivity (Wildman–Crippen MR) is 67.6 cm³/mol. The van der Waals surface area contributed by atoms with Crippen LogP contribution in [0.1, 0.15) is 21.6 Å². The van der Waals surface area contributed by atoms with E-state index in [9.17, 15) is 4.79 Å². The first-order valence-corrected chi connectivity index (χ1v) is 5.53. The maximum Gasteiger partial charge on any atom is 0.170 e. The van der Waals surface area contributed by atoms with Gasteiger partial charge in [-0.3, -0.25) is 9.20 Å². The average Bonchev–Trinajstić information content (AvgIpc) is 2.72. The quantitative estimate of drug-likeness (QED) is 0.595. The molecule has 3 aromatic rings. The van der Waals surface area contributed by atoms with Crippen LogP contribution in [0.5, 0.6) is 0 Å². The lowest BCUT2D eigenvalue weighted by Gasteiger charge is -2.06. The molecular formula is C14H12N2O. The van der Waals surface area contributed by atoms with Crippen LogP contribution in [-0.2, 0) is 0 Å². The minimum Gasteiger partial charge on any atom is -0.299 e.